The maximum atomic E-state index is 13.1. The van der Waals surface area contributed by atoms with E-state index in [9.17, 15) is 9.18 Å². The van der Waals surface area contributed by atoms with Crippen molar-refractivity contribution in [2.24, 2.45) is 0 Å². The predicted octanol–water partition coefficient (Wildman–Crippen LogP) is 3.18. The number of nitrogens with one attached hydrogen (secondary N) is 1. The molecule has 1 N–H and O–H groups in total. The van der Waals surface area contributed by atoms with Crippen molar-refractivity contribution in [1.29, 1.82) is 0 Å². The second-order valence-corrected chi connectivity index (χ2v) is 3.99. The first-order chi connectivity index (χ1) is 8.76. The number of benzene rings is 2. The Morgan fingerprint density at radius 3 is 2.83 bits per heavy atom. The summed E-state index contributed by atoms with van der Waals surface area (Å²) < 4.78 is 13.1. The molecule has 0 aliphatic rings. The van der Waals surface area contributed by atoms with E-state index in [1.54, 1.807) is 30.3 Å². The van der Waals surface area contributed by atoms with Gasteiger partial charge in [-0.05, 0) is 30.3 Å². The van der Waals surface area contributed by atoms with Crippen molar-refractivity contribution in [2.45, 2.75) is 0 Å². The first-order valence-corrected chi connectivity index (χ1v) is 5.47. The molecule has 1 heterocycles. The fourth-order valence-corrected chi connectivity index (χ4v) is 1.87. The monoisotopic (exact) mass is 240 g/mol. The normalized spacial score (nSPS) is 10.7. The molecule has 0 radical (unpaired) electrons. The van der Waals surface area contributed by atoms with Crippen LogP contribution in [-0.4, -0.2) is 16.3 Å². The Labute approximate surface area is 102 Å². The second kappa shape index (κ2) is 4.07. The highest BCUT2D eigenvalue weighted by atomic mass is 19.1. The fourth-order valence-electron chi connectivity index (χ4n) is 1.87. The average Bonchev–Trinajstić information content (AvgIpc) is 2.81. The zero-order valence-corrected chi connectivity index (χ0v) is 9.35. The summed E-state index contributed by atoms with van der Waals surface area (Å²) in [5.74, 6) is 0.286. The summed E-state index contributed by atoms with van der Waals surface area (Å²) in [7, 11) is 0. The van der Waals surface area contributed by atoms with Gasteiger partial charge < -0.3 is 4.98 Å². The number of carbonyl (C=O) groups is 1. The molecule has 0 aliphatic carbocycles. The summed E-state index contributed by atoms with van der Waals surface area (Å²) in [4.78, 5) is 18.1. The van der Waals surface area contributed by atoms with E-state index in [-0.39, 0.29) is 5.82 Å². The third-order valence-corrected chi connectivity index (χ3v) is 2.74. The van der Waals surface area contributed by atoms with E-state index in [4.69, 9.17) is 0 Å². The summed E-state index contributed by atoms with van der Waals surface area (Å²) in [5, 5.41) is 0. The number of nitrogens with zero attached hydrogens (tertiary/aromatic N) is 1. The van der Waals surface area contributed by atoms with Crippen LogP contribution in [0.2, 0.25) is 0 Å². The van der Waals surface area contributed by atoms with Gasteiger partial charge in [-0.3, -0.25) is 4.79 Å². The molecular formula is C14H9FN2O. The largest absolute Gasteiger partial charge is 0.338 e. The van der Waals surface area contributed by atoms with Gasteiger partial charge in [0.2, 0.25) is 0 Å². The number of hydrogen-bond donors (Lipinski definition) is 1. The maximum absolute atomic E-state index is 13.1. The van der Waals surface area contributed by atoms with Gasteiger partial charge in [-0.1, -0.05) is 12.1 Å². The molecule has 0 unspecified atom stereocenters. The van der Waals surface area contributed by atoms with Crippen LogP contribution in [0.4, 0.5) is 4.39 Å². The number of aromatic nitrogens is 2. The van der Waals surface area contributed by atoms with Gasteiger partial charge in [-0.15, -0.1) is 0 Å². The van der Waals surface area contributed by atoms with Gasteiger partial charge in [0.1, 0.15) is 17.9 Å². The Bertz CT molecular complexity index is 733. The number of imidazole rings is 1. The minimum Gasteiger partial charge on any atom is -0.338 e. The van der Waals surface area contributed by atoms with E-state index in [0.717, 1.165) is 17.3 Å². The number of halogens is 1. The maximum Gasteiger partial charge on any atom is 0.150 e. The first-order valence-electron chi connectivity index (χ1n) is 5.47. The summed E-state index contributed by atoms with van der Waals surface area (Å²) >= 11 is 0. The van der Waals surface area contributed by atoms with E-state index < -0.39 is 0 Å². The molecule has 0 spiro atoms. The summed E-state index contributed by atoms with van der Waals surface area (Å²) in [6.45, 7) is 0. The Kier molecular flexibility index (Phi) is 2.41. The molecular weight excluding hydrogens is 231 g/mol. The van der Waals surface area contributed by atoms with Crippen molar-refractivity contribution in [2.75, 3.05) is 0 Å². The minimum absolute atomic E-state index is 0.304. The number of fused-ring (bicyclic) bond motifs is 1. The molecule has 0 amide bonds. The average molecular weight is 240 g/mol. The third-order valence-electron chi connectivity index (χ3n) is 2.74. The topological polar surface area (TPSA) is 45.8 Å². The highest BCUT2D eigenvalue weighted by Gasteiger charge is 2.06. The highest BCUT2D eigenvalue weighted by Crippen LogP contribution is 2.21. The fraction of sp³-hybridized carbons (Fsp3) is 0. The standard InChI is InChI=1S/C14H9FN2O/c15-11-3-1-2-10(7-11)14-16-12-5-4-9(8-18)6-13(12)17-14/h1-8H,(H,16,17). The molecule has 18 heavy (non-hydrogen) atoms. The lowest BCUT2D eigenvalue weighted by atomic mass is 10.2. The van der Waals surface area contributed by atoms with Crippen molar-refractivity contribution in [3.8, 4) is 11.4 Å². The number of carbonyl (C=O) groups excluding carboxylic acids is 1. The van der Waals surface area contributed by atoms with Crippen LogP contribution in [0.5, 0.6) is 0 Å². The molecule has 0 atom stereocenters. The summed E-state index contributed by atoms with van der Waals surface area (Å²) in [6.07, 6.45) is 0.780. The van der Waals surface area contributed by atoms with Gasteiger partial charge >= 0.3 is 0 Å². The lowest BCUT2D eigenvalue weighted by molar-refractivity contribution is 0.112. The number of hydrogen-bond acceptors (Lipinski definition) is 2. The SMILES string of the molecule is O=Cc1ccc2nc(-c3cccc(F)c3)[nH]c2c1. The molecule has 0 fully saturated rings. The van der Waals surface area contributed by atoms with Crippen LogP contribution in [0.1, 0.15) is 10.4 Å². The highest BCUT2D eigenvalue weighted by molar-refractivity contribution is 5.86. The van der Waals surface area contributed by atoms with Crippen LogP contribution in [0.15, 0.2) is 42.5 Å². The molecule has 0 aliphatic heterocycles. The molecule has 3 aromatic rings. The van der Waals surface area contributed by atoms with Gasteiger partial charge in [0.25, 0.3) is 0 Å². The lowest BCUT2D eigenvalue weighted by Crippen LogP contribution is -1.81. The third kappa shape index (κ3) is 1.78. The molecule has 3 nitrogen and oxygen atoms in total. The van der Waals surface area contributed by atoms with Crippen LogP contribution in [0, 0.1) is 5.82 Å². The van der Waals surface area contributed by atoms with Crippen molar-refractivity contribution in [1.82, 2.24) is 9.97 Å². The molecule has 1 aromatic heterocycles. The lowest BCUT2D eigenvalue weighted by Gasteiger charge is -1.95. The Balaban J connectivity index is 2.16. The number of aldehydes is 1. The Hall–Kier alpha value is -2.49. The van der Waals surface area contributed by atoms with Crippen LogP contribution in [-0.2, 0) is 0 Å². The van der Waals surface area contributed by atoms with Crippen LogP contribution in [0.25, 0.3) is 22.4 Å². The predicted molar refractivity (Wildman–Crippen MR) is 66.9 cm³/mol. The van der Waals surface area contributed by atoms with Crippen LogP contribution >= 0.6 is 0 Å². The van der Waals surface area contributed by atoms with Crippen LogP contribution < -0.4 is 0 Å². The molecule has 0 saturated heterocycles. The molecule has 0 saturated carbocycles. The number of rotatable bonds is 2. The minimum atomic E-state index is -0.304. The van der Waals surface area contributed by atoms with Crippen molar-refractivity contribution in [3.63, 3.8) is 0 Å². The van der Waals surface area contributed by atoms with Gasteiger partial charge in [-0.2, -0.15) is 0 Å². The smallest absolute Gasteiger partial charge is 0.150 e. The second-order valence-electron chi connectivity index (χ2n) is 3.99. The van der Waals surface area contributed by atoms with E-state index in [0.29, 0.717) is 17.0 Å². The van der Waals surface area contributed by atoms with Crippen molar-refractivity contribution in [3.05, 3.63) is 53.8 Å². The molecule has 4 heteroatoms. The Morgan fingerprint density at radius 1 is 1.17 bits per heavy atom. The van der Waals surface area contributed by atoms with Gasteiger partial charge in [0, 0.05) is 11.1 Å². The number of H-pyrrole nitrogens is 1. The zero-order chi connectivity index (χ0) is 12.5. The molecule has 0 bridgehead atoms. The molecule has 2 aromatic carbocycles. The van der Waals surface area contributed by atoms with Gasteiger partial charge in [0.05, 0.1) is 11.0 Å². The Morgan fingerprint density at radius 2 is 2.06 bits per heavy atom. The van der Waals surface area contributed by atoms with Crippen molar-refractivity contribution >= 4 is 17.3 Å². The summed E-state index contributed by atoms with van der Waals surface area (Å²) in [5.41, 5.74) is 2.77. The van der Waals surface area contributed by atoms with E-state index in [1.165, 1.54) is 12.1 Å². The quantitative estimate of drug-likeness (QED) is 0.699. The summed E-state index contributed by atoms with van der Waals surface area (Å²) in [6, 6.07) is 11.4. The van der Waals surface area contributed by atoms with Crippen LogP contribution in [0.3, 0.4) is 0 Å². The van der Waals surface area contributed by atoms with E-state index in [2.05, 4.69) is 9.97 Å². The van der Waals surface area contributed by atoms with Crippen molar-refractivity contribution < 1.29 is 9.18 Å². The number of aromatic amines is 1. The first kappa shape index (κ1) is 10.7. The van der Waals surface area contributed by atoms with E-state index >= 15 is 0 Å². The molecule has 88 valence electrons. The van der Waals surface area contributed by atoms with Gasteiger partial charge in [0.15, 0.2) is 0 Å². The van der Waals surface area contributed by atoms with Gasteiger partial charge in [-0.25, -0.2) is 9.37 Å². The van der Waals surface area contributed by atoms with E-state index in [1.807, 2.05) is 0 Å². The molecule has 3 rings (SSSR count). The zero-order valence-electron chi connectivity index (χ0n) is 9.35.